The minimum absolute atomic E-state index is 0.0193. The lowest BCUT2D eigenvalue weighted by Crippen LogP contribution is -2.02. The Balaban J connectivity index is 1.80. The zero-order chi connectivity index (χ0) is 23.0. The molecule has 0 aliphatic heterocycles. The van der Waals surface area contributed by atoms with Crippen molar-refractivity contribution in [3.05, 3.63) is 96.1 Å². The van der Waals surface area contributed by atoms with E-state index in [4.69, 9.17) is 9.47 Å². The van der Waals surface area contributed by atoms with Crippen LogP contribution in [0.3, 0.4) is 0 Å². The lowest BCUT2D eigenvalue weighted by Gasteiger charge is -2.14. The molecule has 0 aromatic heterocycles. The predicted molar refractivity (Wildman–Crippen MR) is 134 cm³/mol. The van der Waals surface area contributed by atoms with E-state index in [1.165, 1.54) is 0 Å². The van der Waals surface area contributed by atoms with Crippen LogP contribution in [-0.2, 0) is 0 Å². The first-order chi connectivity index (χ1) is 15.3. The summed E-state index contributed by atoms with van der Waals surface area (Å²) in [5, 5.41) is 3.99. The maximum atomic E-state index is 13.3. The molecule has 4 aromatic carbocycles. The van der Waals surface area contributed by atoms with Crippen molar-refractivity contribution in [2.45, 2.75) is 13.8 Å². The highest BCUT2D eigenvalue weighted by Gasteiger charge is 2.15. The Morgan fingerprint density at radius 2 is 1.06 bits per heavy atom. The molecule has 160 valence electrons. The maximum absolute atomic E-state index is 13.3. The molecular formula is C29H26O3. The van der Waals surface area contributed by atoms with Gasteiger partial charge < -0.3 is 9.47 Å². The van der Waals surface area contributed by atoms with Crippen LogP contribution in [0, 0.1) is 0 Å². The molecule has 0 N–H and O–H groups in total. The fourth-order valence-corrected chi connectivity index (χ4v) is 4.29. The van der Waals surface area contributed by atoms with Crippen molar-refractivity contribution in [3.63, 3.8) is 0 Å². The highest BCUT2D eigenvalue weighted by atomic mass is 16.5. The zero-order valence-electron chi connectivity index (χ0n) is 18.9. The molecule has 0 spiro atoms. The minimum atomic E-state index is -0.0193. The predicted octanol–water partition coefficient (Wildman–Crippen LogP) is 7.31. The summed E-state index contributed by atoms with van der Waals surface area (Å²) >= 11 is 0. The highest BCUT2D eigenvalue weighted by molar-refractivity contribution is 6.13. The first-order valence-corrected chi connectivity index (χ1v) is 10.4. The number of benzene rings is 4. The number of ketones is 1. The normalized spacial score (nSPS) is 10.9. The molecule has 0 heterocycles. The summed E-state index contributed by atoms with van der Waals surface area (Å²) in [4.78, 5) is 13.3. The topological polar surface area (TPSA) is 35.5 Å². The van der Waals surface area contributed by atoms with Gasteiger partial charge in [0.25, 0.3) is 0 Å². The van der Waals surface area contributed by atoms with Crippen LogP contribution in [0.2, 0.25) is 0 Å². The van der Waals surface area contributed by atoms with Gasteiger partial charge >= 0.3 is 0 Å². The molecule has 0 unspecified atom stereocenters. The lowest BCUT2D eigenvalue weighted by molar-refractivity contribution is 0.103. The third kappa shape index (κ3) is 3.56. The Morgan fingerprint density at radius 3 is 1.41 bits per heavy atom. The Labute approximate surface area is 188 Å². The van der Waals surface area contributed by atoms with Gasteiger partial charge in [0.05, 0.1) is 14.2 Å². The van der Waals surface area contributed by atoms with E-state index in [1.807, 2.05) is 74.5 Å². The Hall–Kier alpha value is -3.85. The number of ether oxygens (including phenoxy) is 2. The molecule has 0 saturated heterocycles. The van der Waals surface area contributed by atoms with E-state index < -0.39 is 0 Å². The summed E-state index contributed by atoms with van der Waals surface area (Å²) in [5.41, 5.74) is 5.06. The van der Waals surface area contributed by atoms with Crippen LogP contribution in [0.4, 0.5) is 0 Å². The van der Waals surface area contributed by atoms with Crippen molar-refractivity contribution in [2.75, 3.05) is 14.2 Å². The number of fused-ring (bicyclic) bond motifs is 2. The summed E-state index contributed by atoms with van der Waals surface area (Å²) in [6.07, 6.45) is 0. The molecule has 0 saturated carbocycles. The smallest absolute Gasteiger partial charge is 0.193 e. The van der Waals surface area contributed by atoms with Crippen LogP contribution in [-0.4, -0.2) is 20.0 Å². The van der Waals surface area contributed by atoms with Gasteiger partial charge in [0.15, 0.2) is 5.78 Å². The number of hydrogen-bond acceptors (Lipinski definition) is 3. The van der Waals surface area contributed by atoms with Gasteiger partial charge in [-0.3, -0.25) is 4.79 Å². The number of methoxy groups -OCH3 is 2. The summed E-state index contributed by atoms with van der Waals surface area (Å²) < 4.78 is 11.0. The molecule has 32 heavy (non-hydrogen) atoms. The molecule has 4 rings (SSSR count). The second-order valence-corrected chi connectivity index (χ2v) is 8.05. The molecule has 0 fully saturated rings. The number of allylic oxidation sites excluding steroid dienone is 2. The third-order valence-corrected chi connectivity index (χ3v) is 5.78. The first kappa shape index (κ1) is 21.4. The molecule has 0 aliphatic carbocycles. The van der Waals surface area contributed by atoms with E-state index >= 15 is 0 Å². The fraction of sp³-hybridized carbons (Fsp3) is 0.138. The molecule has 0 amide bonds. The maximum Gasteiger partial charge on any atom is 0.193 e. The number of carbonyl (C=O) groups excluding carboxylic acids is 1. The second-order valence-electron chi connectivity index (χ2n) is 8.05. The van der Waals surface area contributed by atoms with Gasteiger partial charge in [-0.25, -0.2) is 0 Å². The van der Waals surface area contributed by atoms with Crippen molar-refractivity contribution < 1.29 is 14.3 Å². The molecule has 4 aromatic rings. The van der Waals surface area contributed by atoms with E-state index in [9.17, 15) is 4.79 Å². The van der Waals surface area contributed by atoms with Crippen molar-refractivity contribution in [1.82, 2.24) is 0 Å². The van der Waals surface area contributed by atoms with Gasteiger partial charge in [0.2, 0.25) is 0 Å². The largest absolute Gasteiger partial charge is 0.496 e. The quantitative estimate of drug-likeness (QED) is 0.306. The number of carbonyl (C=O) groups is 1. The first-order valence-electron chi connectivity index (χ1n) is 10.4. The average molecular weight is 423 g/mol. The Bertz CT molecular complexity index is 1300. The van der Waals surface area contributed by atoms with Crippen molar-refractivity contribution in [2.24, 2.45) is 0 Å². The molecule has 0 radical (unpaired) electrons. The van der Waals surface area contributed by atoms with Gasteiger partial charge in [0, 0.05) is 22.3 Å². The molecular weight excluding hydrogens is 396 g/mol. The molecule has 0 atom stereocenters. The summed E-state index contributed by atoms with van der Waals surface area (Å²) in [6, 6.07) is 19.3. The Kier molecular flexibility index (Phi) is 5.58. The number of hydrogen-bond donors (Lipinski definition) is 0. The standard InChI is InChI=1S/C29H26O3/c1-17(2)27-23-11-7-21(15-19(23)9-13-25(27)31-5)29(30)22-8-12-24-20(16-22)10-14-26(32-6)28(24)18(3)4/h7-16H,1,3H2,2,4-6H3. The molecule has 0 bridgehead atoms. The fourth-order valence-electron chi connectivity index (χ4n) is 4.29. The zero-order valence-corrected chi connectivity index (χ0v) is 18.9. The van der Waals surface area contributed by atoms with E-state index in [1.54, 1.807) is 14.2 Å². The van der Waals surface area contributed by atoms with Crippen molar-refractivity contribution in [1.29, 1.82) is 0 Å². The van der Waals surface area contributed by atoms with E-state index in [-0.39, 0.29) is 5.78 Å². The minimum Gasteiger partial charge on any atom is -0.496 e. The van der Waals surface area contributed by atoms with Crippen molar-refractivity contribution >= 4 is 38.5 Å². The third-order valence-electron chi connectivity index (χ3n) is 5.78. The van der Waals surface area contributed by atoms with Gasteiger partial charge in [-0.05, 0) is 70.8 Å². The Morgan fingerprint density at radius 1 is 0.656 bits per heavy atom. The summed E-state index contributed by atoms with van der Waals surface area (Å²) in [6.45, 7) is 12.1. The van der Waals surface area contributed by atoms with Gasteiger partial charge in [-0.15, -0.1) is 0 Å². The van der Waals surface area contributed by atoms with Crippen LogP contribution in [0.5, 0.6) is 11.5 Å². The van der Waals surface area contributed by atoms with E-state index in [0.29, 0.717) is 11.1 Å². The number of rotatable bonds is 6. The summed E-state index contributed by atoms with van der Waals surface area (Å²) in [5.74, 6) is 1.54. The lowest BCUT2D eigenvalue weighted by atomic mass is 9.93. The SMILES string of the molecule is C=C(C)c1c(OC)ccc2cc(C(=O)c3ccc4c(C(=C)C)c(OC)ccc4c3)ccc12. The van der Waals surface area contributed by atoms with Crippen molar-refractivity contribution in [3.8, 4) is 11.5 Å². The summed E-state index contributed by atoms with van der Waals surface area (Å²) in [7, 11) is 3.31. The average Bonchev–Trinajstić information content (AvgIpc) is 2.80. The molecule has 0 aliphatic rings. The van der Waals surface area contributed by atoms with Crippen LogP contribution in [0.15, 0.2) is 73.8 Å². The van der Waals surface area contributed by atoms with Crippen LogP contribution < -0.4 is 9.47 Å². The van der Waals surface area contributed by atoms with E-state index in [2.05, 4.69) is 13.2 Å². The van der Waals surface area contributed by atoms with E-state index in [0.717, 1.165) is 55.3 Å². The van der Waals surface area contributed by atoms with Gasteiger partial charge in [0.1, 0.15) is 11.5 Å². The molecule has 3 heteroatoms. The second kappa shape index (κ2) is 8.35. The van der Waals surface area contributed by atoms with Crippen LogP contribution >= 0.6 is 0 Å². The van der Waals surface area contributed by atoms with Crippen LogP contribution in [0.1, 0.15) is 40.9 Å². The van der Waals surface area contributed by atoms with Gasteiger partial charge in [-0.1, -0.05) is 49.6 Å². The van der Waals surface area contributed by atoms with Crippen LogP contribution in [0.25, 0.3) is 32.7 Å². The highest BCUT2D eigenvalue weighted by Crippen LogP contribution is 2.35. The van der Waals surface area contributed by atoms with Gasteiger partial charge in [-0.2, -0.15) is 0 Å². The molecule has 3 nitrogen and oxygen atoms in total. The monoisotopic (exact) mass is 422 g/mol.